The fourth-order valence-corrected chi connectivity index (χ4v) is 1.95. The highest BCUT2D eigenvalue weighted by Gasteiger charge is 2.07. The van der Waals surface area contributed by atoms with E-state index in [1.807, 2.05) is 44.2 Å². The van der Waals surface area contributed by atoms with Gasteiger partial charge in [-0.25, -0.2) is 4.98 Å². The lowest BCUT2D eigenvalue weighted by atomic mass is 10.1. The molecule has 5 heteroatoms. The van der Waals surface area contributed by atoms with E-state index in [1.54, 1.807) is 6.20 Å². The molecule has 2 rings (SSSR count). The van der Waals surface area contributed by atoms with Crippen molar-refractivity contribution in [3.63, 3.8) is 0 Å². The molecule has 0 saturated carbocycles. The summed E-state index contributed by atoms with van der Waals surface area (Å²) in [5.74, 6) is -0.205. The molecule has 0 spiro atoms. The molecule has 0 saturated heterocycles. The van der Waals surface area contributed by atoms with Gasteiger partial charge in [-0.3, -0.25) is 9.78 Å². The maximum atomic E-state index is 11.8. The second-order valence-corrected chi connectivity index (χ2v) is 5.08. The van der Waals surface area contributed by atoms with Crippen LogP contribution in [0.4, 0.5) is 0 Å². The van der Waals surface area contributed by atoms with Crippen molar-refractivity contribution < 1.29 is 9.53 Å². The highest BCUT2D eigenvalue weighted by molar-refractivity contribution is 5.91. The van der Waals surface area contributed by atoms with Crippen LogP contribution in [0.3, 0.4) is 0 Å². The van der Waals surface area contributed by atoms with Crippen molar-refractivity contribution >= 4 is 5.91 Å². The Hall–Kier alpha value is -2.27. The molecule has 0 radical (unpaired) electrons. The zero-order chi connectivity index (χ0) is 15.8. The second-order valence-electron chi connectivity index (χ2n) is 5.08. The maximum absolute atomic E-state index is 11.8. The average Bonchev–Trinajstić information content (AvgIpc) is 2.55. The molecule has 1 heterocycles. The third-order valence-electron chi connectivity index (χ3n) is 3.26. The predicted octanol–water partition coefficient (Wildman–Crippen LogP) is 2.68. The van der Waals surface area contributed by atoms with Gasteiger partial charge in [-0.2, -0.15) is 0 Å². The summed E-state index contributed by atoms with van der Waals surface area (Å²) in [6, 6.07) is 10.1. The fourth-order valence-electron chi connectivity index (χ4n) is 1.95. The van der Waals surface area contributed by atoms with Gasteiger partial charge in [-0.05, 0) is 25.8 Å². The number of aromatic nitrogens is 2. The Balaban J connectivity index is 1.65. The molecule has 0 aliphatic heterocycles. The van der Waals surface area contributed by atoms with Crippen LogP contribution in [0.1, 0.15) is 41.2 Å². The van der Waals surface area contributed by atoms with Gasteiger partial charge >= 0.3 is 0 Å². The van der Waals surface area contributed by atoms with Crippen LogP contribution in [-0.4, -0.2) is 29.0 Å². The summed E-state index contributed by atoms with van der Waals surface area (Å²) in [7, 11) is 0. The molecule has 22 heavy (non-hydrogen) atoms. The summed E-state index contributed by atoms with van der Waals surface area (Å²) in [4.78, 5) is 19.9. The van der Waals surface area contributed by atoms with Crippen molar-refractivity contribution in [2.75, 3.05) is 13.2 Å². The van der Waals surface area contributed by atoms with Crippen molar-refractivity contribution in [1.29, 1.82) is 0 Å². The van der Waals surface area contributed by atoms with E-state index in [1.165, 1.54) is 6.20 Å². The smallest absolute Gasteiger partial charge is 0.271 e. The van der Waals surface area contributed by atoms with Crippen LogP contribution in [0, 0.1) is 6.92 Å². The Morgan fingerprint density at radius 1 is 1.23 bits per heavy atom. The summed E-state index contributed by atoms with van der Waals surface area (Å²) < 4.78 is 5.75. The summed E-state index contributed by atoms with van der Waals surface area (Å²) in [6.45, 7) is 5.00. The highest BCUT2D eigenvalue weighted by Crippen LogP contribution is 2.15. The number of nitrogens with zero attached hydrogens (tertiary/aromatic N) is 2. The third-order valence-corrected chi connectivity index (χ3v) is 3.26. The molecule has 1 aromatic carbocycles. The number of carbonyl (C=O) groups excluding carboxylic acids is 1. The molecule has 0 unspecified atom stereocenters. The van der Waals surface area contributed by atoms with E-state index in [4.69, 9.17) is 4.74 Å². The molecule has 1 amide bonds. The number of carbonyl (C=O) groups is 1. The van der Waals surface area contributed by atoms with Gasteiger partial charge in [0.2, 0.25) is 0 Å². The number of hydrogen-bond donors (Lipinski definition) is 1. The topological polar surface area (TPSA) is 64.1 Å². The SMILES string of the molecule is Cc1cnc(C(=O)NCCCO[C@@H](C)c2ccccc2)cn1. The normalized spacial score (nSPS) is 11.9. The van der Waals surface area contributed by atoms with Crippen molar-refractivity contribution in [3.8, 4) is 0 Å². The minimum Gasteiger partial charge on any atom is -0.374 e. The molecule has 1 N–H and O–H groups in total. The van der Waals surface area contributed by atoms with Crippen LogP contribution >= 0.6 is 0 Å². The van der Waals surface area contributed by atoms with Gasteiger partial charge in [0.1, 0.15) is 5.69 Å². The number of benzene rings is 1. The molecule has 116 valence electrons. The molecule has 0 aliphatic rings. The largest absolute Gasteiger partial charge is 0.374 e. The number of rotatable bonds is 7. The van der Waals surface area contributed by atoms with Gasteiger partial charge in [0, 0.05) is 19.3 Å². The number of aryl methyl sites for hydroxylation is 1. The van der Waals surface area contributed by atoms with E-state index in [2.05, 4.69) is 15.3 Å². The predicted molar refractivity (Wildman–Crippen MR) is 84.5 cm³/mol. The Kier molecular flexibility index (Phi) is 6.03. The summed E-state index contributed by atoms with van der Waals surface area (Å²) in [5.41, 5.74) is 2.28. The Labute approximate surface area is 130 Å². The maximum Gasteiger partial charge on any atom is 0.271 e. The molecule has 1 aromatic heterocycles. The Morgan fingerprint density at radius 3 is 2.68 bits per heavy atom. The zero-order valence-corrected chi connectivity index (χ0v) is 13.0. The van der Waals surface area contributed by atoms with E-state index in [9.17, 15) is 4.79 Å². The molecule has 1 atom stereocenters. The van der Waals surface area contributed by atoms with Gasteiger partial charge in [-0.15, -0.1) is 0 Å². The van der Waals surface area contributed by atoms with Crippen LogP contribution in [0.5, 0.6) is 0 Å². The lowest BCUT2D eigenvalue weighted by Crippen LogP contribution is -2.26. The van der Waals surface area contributed by atoms with Crippen molar-refractivity contribution in [3.05, 3.63) is 59.7 Å². The van der Waals surface area contributed by atoms with Gasteiger partial charge in [0.15, 0.2) is 0 Å². The number of ether oxygens (including phenoxy) is 1. The van der Waals surface area contributed by atoms with E-state index < -0.39 is 0 Å². The summed E-state index contributed by atoms with van der Waals surface area (Å²) >= 11 is 0. The highest BCUT2D eigenvalue weighted by atomic mass is 16.5. The molecular weight excluding hydrogens is 278 g/mol. The van der Waals surface area contributed by atoms with E-state index in [0.717, 1.165) is 17.7 Å². The Bertz CT molecular complexity index is 585. The minimum atomic E-state index is -0.205. The lowest BCUT2D eigenvalue weighted by Gasteiger charge is -2.13. The number of amides is 1. The lowest BCUT2D eigenvalue weighted by molar-refractivity contribution is 0.0634. The first-order chi connectivity index (χ1) is 10.7. The fraction of sp³-hybridized carbons (Fsp3) is 0.353. The van der Waals surface area contributed by atoms with Crippen LogP contribution in [0.2, 0.25) is 0 Å². The second kappa shape index (κ2) is 8.24. The van der Waals surface area contributed by atoms with Crippen molar-refractivity contribution in [2.24, 2.45) is 0 Å². The first-order valence-electron chi connectivity index (χ1n) is 7.40. The van der Waals surface area contributed by atoms with Crippen LogP contribution in [-0.2, 0) is 4.74 Å². The molecule has 0 bridgehead atoms. The molecule has 0 fully saturated rings. The van der Waals surface area contributed by atoms with Crippen LogP contribution in [0.25, 0.3) is 0 Å². The quantitative estimate of drug-likeness (QED) is 0.798. The van der Waals surface area contributed by atoms with Gasteiger partial charge in [-0.1, -0.05) is 30.3 Å². The van der Waals surface area contributed by atoms with Gasteiger partial charge in [0.25, 0.3) is 5.91 Å². The monoisotopic (exact) mass is 299 g/mol. The zero-order valence-electron chi connectivity index (χ0n) is 13.0. The van der Waals surface area contributed by atoms with Crippen molar-refractivity contribution in [1.82, 2.24) is 15.3 Å². The molecule has 2 aromatic rings. The summed E-state index contributed by atoms with van der Waals surface area (Å²) in [6.07, 6.45) is 3.88. The first-order valence-corrected chi connectivity index (χ1v) is 7.40. The first kappa shape index (κ1) is 16.1. The van der Waals surface area contributed by atoms with Crippen LogP contribution in [0.15, 0.2) is 42.7 Å². The Morgan fingerprint density at radius 2 is 2.00 bits per heavy atom. The minimum absolute atomic E-state index is 0.0554. The van der Waals surface area contributed by atoms with Gasteiger partial charge in [0.05, 0.1) is 18.0 Å². The molecule has 0 aliphatic carbocycles. The summed E-state index contributed by atoms with van der Waals surface area (Å²) in [5, 5.41) is 2.81. The number of hydrogen-bond acceptors (Lipinski definition) is 4. The van der Waals surface area contributed by atoms with E-state index in [-0.39, 0.29) is 12.0 Å². The molecule has 5 nitrogen and oxygen atoms in total. The average molecular weight is 299 g/mol. The van der Waals surface area contributed by atoms with Crippen molar-refractivity contribution in [2.45, 2.75) is 26.4 Å². The molecular formula is C17H21N3O2. The van der Waals surface area contributed by atoms with E-state index >= 15 is 0 Å². The van der Waals surface area contributed by atoms with Crippen LogP contribution < -0.4 is 5.32 Å². The van der Waals surface area contributed by atoms with E-state index in [0.29, 0.717) is 18.8 Å². The number of nitrogens with one attached hydrogen (secondary N) is 1. The third kappa shape index (κ3) is 4.93. The van der Waals surface area contributed by atoms with Gasteiger partial charge < -0.3 is 10.1 Å². The standard InChI is InChI=1S/C17H21N3O2/c1-13-11-20-16(12-19-13)17(21)18-9-6-10-22-14(2)15-7-4-3-5-8-15/h3-5,7-8,11-12,14H,6,9-10H2,1-2H3,(H,18,21)/t14-/m0/s1.